The number of benzene rings is 1. The highest BCUT2D eigenvalue weighted by Crippen LogP contribution is 2.19. The first-order chi connectivity index (χ1) is 8.21. The van der Waals surface area contributed by atoms with E-state index in [4.69, 9.17) is 5.26 Å². The van der Waals surface area contributed by atoms with Gasteiger partial charge in [-0.1, -0.05) is 39.0 Å². The summed E-state index contributed by atoms with van der Waals surface area (Å²) in [5.41, 5.74) is 4.34. The molecule has 0 saturated carbocycles. The molecule has 1 unspecified atom stereocenters. The van der Waals surface area contributed by atoms with Crippen molar-refractivity contribution in [2.45, 2.75) is 40.0 Å². The number of rotatable bonds is 6. The van der Waals surface area contributed by atoms with Crippen molar-refractivity contribution in [2.24, 2.45) is 5.92 Å². The normalized spacial score (nSPS) is 12.1. The molecule has 1 nitrogen and oxygen atoms in total. The number of thioether (sulfide) groups is 1. The molecule has 0 amide bonds. The van der Waals surface area contributed by atoms with Crippen LogP contribution in [0.4, 0.5) is 0 Å². The summed E-state index contributed by atoms with van der Waals surface area (Å²) in [6, 6.07) is 6.84. The van der Waals surface area contributed by atoms with Gasteiger partial charge in [-0.15, -0.1) is 0 Å². The second-order valence-corrected chi connectivity index (χ2v) is 5.33. The first-order valence-corrected chi connectivity index (χ1v) is 7.31. The number of thiocyanates is 1. The van der Waals surface area contributed by atoms with Gasteiger partial charge < -0.3 is 0 Å². The van der Waals surface area contributed by atoms with Crippen molar-refractivity contribution in [3.63, 3.8) is 0 Å². The molecule has 0 saturated heterocycles. The lowest BCUT2D eigenvalue weighted by molar-refractivity contribution is 0.654. The summed E-state index contributed by atoms with van der Waals surface area (Å²) < 4.78 is 0. The minimum absolute atomic E-state index is 0.567. The molecule has 2 heteroatoms. The summed E-state index contributed by atoms with van der Waals surface area (Å²) in [6.45, 7) is 6.63. The van der Waals surface area contributed by atoms with Gasteiger partial charge in [0.15, 0.2) is 0 Å². The Labute approximate surface area is 109 Å². The average Bonchev–Trinajstić information content (AvgIpc) is 2.36. The third kappa shape index (κ3) is 4.44. The summed E-state index contributed by atoms with van der Waals surface area (Å²) in [4.78, 5) is 0. The number of hydrogen-bond acceptors (Lipinski definition) is 2. The summed E-state index contributed by atoms with van der Waals surface area (Å²) in [6.07, 6.45) is 3.28. The van der Waals surface area contributed by atoms with Crippen LogP contribution in [0.25, 0.3) is 0 Å². The Morgan fingerprint density at radius 2 is 2.00 bits per heavy atom. The summed E-state index contributed by atoms with van der Waals surface area (Å²) >= 11 is 1.36. The van der Waals surface area contributed by atoms with Gasteiger partial charge in [-0.3, -0.25) is 0 Å². The van der Waals surface area contributed by atoms with Crippen molar-refractivity contribution in [1.29, 1.82) is 5.26 Å². The van der Waals surface area contributed by atoms with E-state index >= 15 is 0 Å². The van der Waals surface area contributed by atoms with Gasteiger partial charge in [-0.25, -0.2) is 0 Å². The number of hydrogen-bond donors (Lipinski definition) is 0. The molecule has 1 aromatic carbocycles. The van der Waals surface area contributed by atoms with Gasteiger partial charge in [0.2, 0.25) is 0 Å². The Hall–Kier alpha value is -0.940. The van der Waals surface area contributed by atoms with E-state index in [1.807, 2.05) is 0 Å². The van der Waals surface area contributed by atoms with Crippen LogP contribution >= 0.6 is 11.8 Å². The fourth-order valence-electron chi connectivity index (χ4n) is 2.05. The van der Waals surface area contributed by atoms with E-state index < -0.39 is 0 Å². The van der Waals surface area contributed by atoms with Crippen LogP contribution in [0.2, 0.25) is 0 Å². The molecule has 1 atom stereocenters. The minimum atomic E-state index is 0.567. The Morgan fingerprint density at radius 1 is 1.24 bits per heavy atom. The van der Waals surface area contributed by atoms with Crippen LogP contribution in [0.15, 0.2) is 18.2 Å². The van der Waals surface area contributed by atoms with Crippen molar-refractivity contribution in [1.82, 2.24) is 0 Å². The SMILES string of the molecule is CCc1ccc(CC)c(CC(C)CSC#N)c1. The molecule has 0 fully saturated rings. The molecule has 0 N–H and O–H groups in total. The van der Waals surface area contributed by atoms with Gasteiger partial charge in [-0.2, -0.15) is 5.26 Å². The molecule has 0 aliphatic carbocycles. The number of nitrogens with zero attached hydrogens (tertiary/aromatic N) is 1. The van der Waals surface area contributed by atoms with E-state index in [0.717, 1.165) is 25.0 Å². The maximum absolute atomic E-state index is 8.58. The van der Waals surface area contributed by atoms with Crippen molar-refractivity contribution < 1.29 is 0 Å². The van der Waals surface area contributed by atoms with Crippen molar-refractivity contribution >= 4 is 11.8 Å². The lowest BCUT2D eigenvalue weighted by Crippen LogP contribution is -2.05. The molecule has 92 valence electrons. The Bertz CT molecular complexity index is 392. The third-order valence-electron chi connectivity index (χ3n) is 3.06. The van der Waals surface area contributed by atoms with Gasteiger partial charge >= 0.3 is 0 Å². The molecule has 0 aromatic heterocycles. The maximum atomic E-state index is 8.58. The maximum Gasteiger partial charge on any atom is 0.133 e. The van der Waals surface area contributed by atoms with Gasteiger partial charge in [0.1, 0.15) is 5.40 Å². The quantitative estimate of drug-likeness (QED) is 0.703. The predicted octanol–water partition coefficient (Wildman–Crippen LogP) is 4.20. The molecule has 0 bridgehead atoms. The summed E-state index contributed by atoms with van der Waals surface area (Å²) in [7, 11) is 0. The molecule has 0 heterocycles. The van der Waals surface area contributed by atoms with Crippen LogP contribution < -0.4 is 0 Å². The first kappa shape index (κ1) is 14.1. The second-order valence-electron chi connectivity index (χ2n) is 4.52. The Balaban J connectivity index is 2.77. The van der Waals surface area contributed by atoms with Crippen LogP contribution in [-0.4, -0.2) is 5.75 Å². The zero-order valence-corrected chi connectivity index (χ0v) is 11.8. The van der Waals surface area contributed by atoms with E-state index in [-0.39, 0.29) is 0 Å². The minimum Gasteiger partial charge on any atom is -0.185 e. The van der Waals surface area contributed by atoms with Crippen LogP contribution in [-0.2, 0) is 19.3 Å². The topological polar surface area (TPSA) is 23.8 Å². The Morgan fingerprint density at radius 3 is 2.59 bits per heavy atom. The van der Waals surface area contributed by atoms with Crippen molar-refractivity contribution in [3.8, 4) is 5.40 Å². The van der Waals surface area contributed by atoms with Gasteiger partial charge in [0.05, 0.1) is 0 Å². The van der Waals surface area contributed by atoms with Gasteiger partial charge in [0.25, 0.3) is 0 Å². The number of nitriles is 1. The summed E-state index contributed by atoms with van der Waals surface area (Å²) in [5.74, 6) is 1.49. The van der Waals surface area contributed by atoms with Crippen LogP contribution in [0.3, 0.4) is 0 Å². The standard InChI is InChI=1S/C15H21NS/c1-4-13-6-7-14(5-2)15(9-13)8-12(3)10-17-11-16/h6-7,9,12H,4-5,8,10H2,1-3H3. The molecule has 0 aliphatic rings. The van der Waals surface area contributed by atoms with Crippen LogP contribution in [0, 0.1) is 16.6 Å². The lowest BCUT2D eigenvalue weighted by Gasteiger charge is -2.14. The molecule has 0 radical (unpaired) electrons. The van der Waals surface area contributed by atoms with E-state index in [2.05, 4.69) is 44.4 Å². The second kappa shape index (κ2) is 7.40. The zero-order valence-electron chi connectivity index (χ0n) is 11.0. The molecular formula is C15H21NS. The van der Waals surface area contributed by atoms with E-state index in [1.165, 1.54) is 28.5 Å². The van der Waals surface area contributed by atoms with Crippen LogP contribution in [0.1, 0.15) is 37.5 Å². The highest BCUT2D eigenvalue weighted by Gasteiger charge is 2.08. The molecule has 0 spiro atoms. The van der Waals surface area contributed by atoms with E-state index in [9.17, 15) is 0 Å². The third-order valence-corrected chi connectivity index (χ3v) is 3.93. The monoisotopic (exact) mass is 247 g/mol. The lowest BCUT2D eigenvalue weighted by atomic mass is 9.94. The molecule has 1 aromatic rings. The number of aryl methyl sites for hydroxylation is 2. The Kier molecular flexibility index (Phi) is 6.15. The van der Waals surface area contributed by atoms with Crippen molar-refractivity contribution in [3.05, 3.63) is 34.9 Å². The molecular weight excluding hydrogens is 226 g/mol. The fraction of sp³-hybridized carbons (Fsp3) is 0.533. The molecule has 0 aliphatic heterocycles. The highest BCUT2D eigenvalue weighted by molar-refractivity contribution is 8.03. The first-order valence-electron chi connectivity index (χ1n) is 6.32. The average molecular weight is 247 g/mol. The zero-order chi connectivity index (χ0) is 12.7. The van der Waals surface area contributed by atoms with Crippen LogP contribution in [0.5, 0.6) is 0 Å². The fourth-order valence-corrected chi connectivity index (χ4v) is 2.52. The van der Waals surface area contributed by atoms with E-state index in [1.54, 1.807) is 0 Å². The van der Waals surface area contributed by atoms with Crippen molar-refractivity contribution in [2.75, 3.05) is 5.75 Å². The van der Waals surface area contributed by atoms with Gasteiger partial charge in [0, 0.05) is 5.75 Å². The molecule has 1 rings (SSSR count). The highest BCUT2D eigenvalue weighted by atomic mass is 32.2. The smallest absolute Gasteiger partial charge is 0.133 e. The predicted molar refractivity (Wildman–Crippen MR) is 76.1 cm³/mol. The largest absolute Gasteiger partial charge is 0.185 e. The molecule has 17 heavy (non-hydrogen) atoms. The van der Waals surface area contributed by atoms with E-state index in [0.29, 0.717) is 5.92 Å². The van der Waals surface area contributed by atoms with Gasteiger partial charge in [-0.05, 0) is 53.6 Å². The summed E-state index contributed by atoms with van der Waals surface area (Å²) in [5, 5.41) is 10.7.